The van der Waals surface area contributed by atoms with Gasteiger partial charge in [-0.3, -0.25) is 29.0 Å². The molecular weight excluding hydrogens is 1220 g/mol. The molecule has 8 aliphatic rings. The highest BCUT2D eigenvalue weighted by Crippen LogP contribution is 2.47. The van der Waals surface area contributed by atoms with E-state index >= 15 is 0 Å². The van der Waals surface area contributed by atoms with Gasteiger partial charge in [-0.25, -0.2) is 28.2 Å². The summed E-state index contributed by atoms with van der Waals surface area (Å²) in [6, 6.07) is 16.1. The number of hydrogen-bond donors (Lipinski definition) is 2. The Morgan fingerprint density at radius 1 is 0.614 bits per heavy atom. The van der Waals surface area contributed by atoms with Gasteiger partial charge in [0.1, 0.15) is 34.2 Å². The van der Waals surface area contributed by atoms with Crippen molar-refractivity contribution >= 4 is 92.3 Å². The Bertz CT molecular complexity index is 3270. The molecule has 2 saturated carbocycles. The first kappa shape index (κ1) is 59.4. The smallest absolute Gasteiger partial charge is 0.404 e. The number of carbonyl (C=O) groups is 6. The van der Waals surface area contributed by atoms with Crippen molar-refractivity contribution in [3.63, 3.8) is 0 Å². The third-order valence-corrected chi connectivity index (χ3v) is 16.9. The van der Waals surface area contributed by atoms with Gasteiger partial charge in [0, 0.05) is 79.5 Å². The van der Waals surface area contributed by atoms with Crippen LogP contribution < -0.4 is 29.9 Å². The number of piperazine rings is 2. The first-order valence-corrected chi connectivity index (χ1v) is 27.8. The van der Waals surface area contributed by atoms with E-state index in [-0.39, 0.29) is 62.0 Å². The highest BCUT2D eigenvalue weighted by Gasteiger charge is 2.61. The lowest BCUT2D eigenvalue weighted by Gasteiger charge is -2.40. The average molecular weight is 1270 g/mol. The van der Waals surface area contributed by atoms with Crippen molar-refractivity contribution in [1.29, 1.82) is 0 Å². The molecule has 27 heteroatoms. The number of hydrogen-bond acceptors (Lipinski definition) is 10. The fraction of sp³-hybridized carbons (Fsp3) is 0.393. The van der Waals surface area contributed by atoms with E-state index in [0.717, 1.165) is 90.5 Å². The molecule has 6 saturated heterocycles. The van der Waals surface area contributed by atoms with Crippen molar-refractivity contribution in [2.24, 2.45) is 0 Å². The number of nitrogens with zero attached hydrogens (tertiary/aromatic N) is 6. The van der Waals surface area contributed by atoms with E-state index in [0.29, 0.717) is 57.4 Å². The molecular formula is C56H51BrCl2F8N8O8. The molecule has 4 aromatic carbocycles. The predicted molar refractivity (Wildman–Crippen MR) is 290 cm³/mol. The Hall–Kier alpha value is -6.80. The lowest BCUT2D eigenvalue weighted by Crippen LogP contribution is -2.55. The number of urea groups is 2. The predicted octanol–water partition coefficient (Wildman–Crippen LogP) is 10.6. The molecule has 8 amide bonds. The second-order valence-electron chi connectivity index (χ2n) is 21.4. The number of carbonyl (C=O) groups excluding carboxylic acids is 6. The van der Waals surface area contributed by atoms with Crippen molar-refractivity contribution in [1.82, 2.24) is 30.2 Å². The molecule has 0 aromatic heterocycles. The number of anilines is 2. The van der Waals surface area contributed by atoms with E-state index in [2.05, 4.69) is 52.4 Å². The van der Waals surface area contributed by atoms with E-state index in [1.54, 1.807) is 17.0 Å². The zero-order valence-corrected chi connectivity index (χ0v) is 46.8. The van der Waals surface area contributed by atoms with Crippen molar-refractivity contribution in [3.05, 3.63) is 134 Å². The van der Waals surface area contributed by atoms with Gasteiger partial charge in [-0.2, -0.15) is 0 Å². The van der Waals surface area contributed by atoms with Crippen LogP contribution in [-0.4, -0.2) is 129 Å². The van der Waals surface area contributed by atoms with Gasteiger partial charge in [0.15, 0.2) is 0 Å². The van der Waals surface area contributed by atoms with Crippen LogP contribution >= 0.6 is 39.1 Å². The maximum Gasteiger partial charge on any atom is 0.573 e. The van der Waals surface area contributed by atoms with Crippen LogP contribution in [0.15, 0.2) is 96.0 Å². The number of amides is 8. The number of alkyl halides is 6. The molecule has 4 bridgehead atoms. The second kappa shape index (κ2) is 23.0. The summed E-state index contributed by atoms with van der Waals surface area (Å²) in [5, 5.41) is 4.37. The minimum Gasteiger partial charge on any atom is -0.404 e. The molecule has 6 heterocycles. The molecule has 2 N–H and O–H groups in total. The van der Waals surface area contributed by atoms with Crippen LogP contribution in [0.4, 0.5) is 56.1 Å². The van der Waals surface area contributed by atoms with Crippen molar-refractivity contribution in [2.45, 2.75) is 112 Å². The normalized spacial score (nSPS) is 23.0. The molecule has 0 radical (unpaired) electrons. The molecule has 4 unspecified atom stereocenters. The summed E-state index contributed by atoms with van der Waals surface area (Å²) in [5.74, 6) is -3.12. The van der Waals surface area contributed by atoms with Crippen molar-refractivity contribution in [2.75, 3.05) is 36.0 Å². The lowest BCUT2D eigenvalue weighted by atomic mass is 10.1. The van der Waals surface area contributed by atoms with Gasteiger partial charge in [-0.05, 0) is 139 Å². The van der Waals surface area contributed by atoms with Gasteiger partial charge >= 0.3 is 24.8 Å². The molecule has 8 fully saturated rings. The van der Waals surface area contributed by atoms with E-state index in [1.807, 2.05) is 17.0 Å². The van der Waals surface area contributed by atoms with Gasteiger partial charge in [-0.1, -0.05) is 54.0 Å². The fourth-order valence-corrected chi connectivity index (χ4v) is 12.5. The molecule has 2 spiro atoms. The van der Waals surface area contributed by atoms with Crippen LogP contribution in [0.2, 0.25) is 10.0 Å². The average Bonchev–Trinajstić information content (AvgIpc) is 3.30. The Kier molecular flexibility index (Phi) is 16.4. The number of benzene rings is 4. The Balaban J connectivity index is 0.000000154. The van der Waals surface area contributed by atoms with E-state index < -0.39 is 64.2 Å². The van der Waals surface area contributed by atoms with Crippen LogP contribution in [-0.2, 0) is 32.3 Å². The third kappa shape index (κ3) is 13.0. The second-order valence-corrected chi connectivity index (χ2v) is 23.1. The summed E-state index contributed by atoms with van der Waals surface area (Å²) in [6.45, 7) is 8.06. The van der Waals surface area contributed by atoms with Crippen LogP contribution in [0, 0.1) is 11.6 Å². The standard InChI is InChI=1S/C28H25ClF4N4O4.C16H19FN2O.C12H7BrClF3N2O3/c29-21-12-22(37-25(39)27(9-10-27)34-26(37)40)17(11-23(21)41-28(31,32)33)3-8-24(38)36-19-6-7-20(36)15-35(14-19)13-16-1-4-18(30)5-2-16;1-2-16(20)19-14-7-8-15(19)11-18(10-14)9-12-3-5-13(17)6-4-12;13-5-3-8(22-12(15,16)17)6(14)4-7(5)19-9(20)11(1-2-11)18-10(19)21/h1-5,8,11-12,19-20H,6-7,9-10,13-15H2,(H,34,40);2-6,14-15H,1,7-11H2;3-4H,1-2H2,(H,18,21)/b8-3+;;. The van der Waals surface area contributed by atoms with E-state index in [1.165, 1.54) is 42.5 Å². The van der Waals surface area contributed by atoms with Crippen LogP contribution in [0.25, 0.3) is 6.08 Å². The topological polar surface area (TPSA) is 164 Å². The van der Waals surface area contributed by atoms with Gasteiger partial charge < -0.3 is 29.9 Å². The Labute approximate surface area is 488 Å². The minimum absolute atomic E-state index is 0.00880. The molecule has 12 rings (SSSR count). The molecule has 6 aliphatic heterocycles. The van der Waals surface area contributed by atoms with Gasteiger partial charge in [0.25, 0.3) is 11.8 Å². The van der Waals surface area contributed by atoms with Gasteiger partial charge in [0.05, 0.1) is 21.4 Å². The third-order valence-electron chi connectivity index (χ3n) is 15.7. The Morgan fingerprint density at radius 3 is 1.39 bits per heavy atom. The fourth-order valence-electron chi connectivity index (χ4n) is 11.6. The number of rotatable bonds is 11. The zero-order chi connectivity index (χ0) is 59.5. The summed E-state index contributed by atoms with van der Waals surface area (Å²) in [6.07, 6.45) is -0.283. The molecule has 4 atom stereocenters. The summed E-state index contributed by atoms with van der Waals surface area (Å²) < 4.78 is 110. The Morgan fingerprint density at radius 2 is 1.00 bits per heavy atom. The lowest BCUT2D eigenvalue weighted by molar-refractivity contribution is -0.275. The number of ether oxygens (including phenoxy) is 2. The molecule has 4 aromatic rings. The SMILES string of the molecule is C=CC(=O)N1C2CCC1CN(Cc1ccc(F)cc1)C2.O=C1NC2(CC2)C(=O)N1c1cc(Cl)c(OC(F)(F)F)cc1/C=C/C(=O)N1C2CCC1CN(Cc1ccc(F)cc1)C2.O=C1NC2(CC2)C(=O)N1c1cc(Cl)c(OC(F)(F)F)cc1Br. The number of fused-ring (bicyclic) bond motifs is 4. The maximum absolute atomic E-state index is 13.4. The summed E-state index contributed by atoms with van der Waals surface area (Å²) in [7, 11) is 0. The largest absolute Gasteiger partial charge is 0.573 e. The van der Waals surface area contributed by atoms with Gasteiger partial charge in [0.2, 0.25) is 11.8 Å². The monoisotopic (exact) mass is 1260 g/mol. The highest BCUT2D eigenvalue weighted by molar-refractivity contribution is 9.10. The van der Waals surface area contributed by atoms with E-state index in [9.17, 15) is 63.9 Å². The van der Waals surface area contributed by atoms with Gasteiger partial charge in [-0.15, -0.1) is 26.3 Å². The molecule has 16 nitrogen and oxygen atoms in total. The van der Waals surface area contributed by atoms with Crippen LogP contribution in [0.1, 0.15) is 68.1 Å². The maximum atomic E-state index is 13.4. The summed E-state index contributed by atoms with van der Waals surface area (Å²) in [5.41, 5.74) is 0.210. The summed E-state index contributed by atoms with van der Waals surface area (Å²) >= 11 is 14.8. The minimum atomic E-state index is -5.03. The first-order chi connectivity index (χ1) is 39.2. The van der Waals surface area contributed by atoms with Crippen molar-refractivity contribution in [3.8, 4) is 11.5 Å². The zero-order valence-electron chi connectivity index (χ0n) is 43.7. The number of imide groups is 2. The highest BCUT2D eigenvalue weighted by atomic mass is 79.9. The van der Waals surface area contributed by atoms with Crippen LogP contribution in [0.3, 0.4) is 0 Å². The first-order valence-electron chi connectivity index (χ1n) is 26.3. The summed E-state index contributed by atoms with van der Waals surface area (Å²) in [4.78, 5) is 85.2. The van der Waals surface area contributed by atoms with Crippen molar-refractivity contribution < 1.29 is 73.4 Å². The molecule has 440 valence electrons. The van der Waals surface area contributed by atoms with E-state index in [4.69, 9.17) is 23.2 Å². The quantitative estimate of drug-likeness (QED) is 0.0839. The molecule has 83 heavy (non-hydrogen) atoms. The number of halogens is 11. The molecule has 2 aliphatic carbocycles. The number of likely N-dealkylation sites (tertiary alicyclic amines) is 2. The number of nitrogens with one attached hydrogen (secondary N) is 2. The van der Waals surface area contributed by atoms with Crippen LogP contribution in [0.5, 0.6) is 11.5 Å².